The molecule has 1 heterocycles. The van der Waals surface area contributed by atoms with Gasteiger partial charge in [0.15, 0.2) is 5.78 Å². The van der Waals surface area contributed by atoms with Gasteiger partial charge in [-0.2, -0.15) is 0 Å². The second kappa shape index (κ2) is 15.8. The fourth-order valence-electron chi connectivity index (χ4n) is 4.40. The zero-order valence-electron chi connectivity index (χ0n) is 23.0. The third kappa shape index (κ3) is 9.47. The van der Waals surface area contributed by atoms with Crippen LogP contribution in [0.2, 0.25) is 0 Å². The van der Waals surface area contributed by atoms with E-state index in [0.717, 1.165) is 57.0 Å². The number of piperazine rings is 1. The number of unbranched alkanes of at least 4 members (excludes halogenated alkanes) is 1. The molecule has 1 fully saturated rings. The third-order valence-corrected chi connectivity index (χ3v) is 6.61. The van der Waals surface area contributed by atoms with E-state index in [1.807, 2.05) is 30.3 Å². The minimum atomic E-state index is -1.82. The minimum absolute atomic E-state index is 0.0405. The largest absolute Gasteiger partial charge is 0.495 e. The van der Waals surface area contributed by atoms with Gasteiger partial charge in [-0.15, -0.1) is 0 Å². The van der Waals surface area contributed by atoms with Crippen molar-refractivity contribution in [2.75, 3.05) is 51.3 Å². The highest BCUT2D eigenvalue weighted by atomic mass is 16.5. The molecule has 3 aromatic carbocycles. The lowest BCUT2D eigenvalue weighted by Crippen LogP contribution is -2.46. The Balaban J connectivity index is 0.000000696. The molecular weight excluding hydrogens is 526 g/mol. The Labute approximate surface area is 239 Å². The summed E-state index contributed by atoms with van der Waals surface area (Å²) in [7, 11) is 1.72. The Kier molecular flexibility index (Phi) is 11.9. The Morgan fingerprint density at radius 1 is 0.732 bits per heavy atom. The number of carbonyl (C=O) groups excluding carboxylic acids is 2. The molecule has 3 N–H and O–H groups in total. The molecule has 10 heteroatoms. The summed E-state index contributed by atoms with van der Waals surface area (Å²) in [6.45, 7) is 5.70. The minimum Gasteiger partial charge on any atom is -0.495 e. The number of benzene rings is 3. The average Bonchev–Trinajstić information content (AvgIpc) is 3.01. The summed E-state index contributed by atoms with van der Waals surface area (Å²) in [5, 5.41) is 17.8. The lowest BCUT2D eigenvalue weighted by atomic mass is 10.0. The molecule has 0 atom stereocenters. The number of carbonyl (C=O) groups is 4. The number of para-hydroxylation sites is 2. The monoisotopic (exact) mass is 561 g/mol. The van der Waals surface area contributed by atoms with Gasteiger partial charge in [0.05, 0.1) is 12.8 Å². The van der Waals surface area contributed by atoms with E-state index in [0.29, 0.717) is 23.2 Å². The Morgan fingerprint density at radius 3 is 1.90 bits per heavy atom. The maximum Gasteiger partial charge on any atom is 0.414 e. The predicted molar refractivity (Wildman–Crippen MR) is 155 cm³/mol. The van der Waals surface area contributed by atoms with Crippen molar-refractivity contribution in [2.24, 2.45) is 0 Å². The van der Waals surface area contributed by atoms with Crippen LogP contribution in [0.3, 0.4) is 0 Å². The first kappa shape index (κ1) is 30.8. The standard InChI is InChI=1S/C29H33N3O3.C2H2O4/c1-35-27-12-6-5-11-26(27)32-21-19-31(20-22-32)18-8-7-17-30-29(34)25-15-13-24(14-16-25)28(33)23-9-3-2-4-10-23;3-1(4)2(5)6/h2-6,9-16H,7-8,17-22H2,1H3,(H,30,34);(H,3,4)(H,5,6). The summed E-state index contributed by atoms with van der Waals surface area (Å²) in [6, 6.07) is 24.2. The van der Waals surface area contributed by atoms with Gasteiger partial charge in [0.25, 0.3) is 5.91 Å². The van der Waals surface area contributed by atoms with E-state index in [4.69, 9.17) is 24.5 Å². The Bertz CT molecular complexity index is 1290. The van der Waals surface area contributed by atoms with Gasteiger partial charge in [-0.1, -0.05) is 54.6 Å². The molecule has 3 aromatic rings. The van der Waals surface area contributed by atoms with Crippen LogP contribution in [0.25, 0.3) is 0 Å². The smallest absolute Gasteiger partial charge is 0.414 e. The van der Waals surface area contributed by atoms with Crippen molar-refractivity contribution >= 4 is 29.3 Å². The molecule has 216 valence electrons. The van der Waals surface area contributed by atoms with Gasteiger partial charge in [0.1, 0.15) is 5.75 Å². The summed E-state index contributed by atoms with van der Waals surface area (Å²) in [4.78, 5) is 48.0. The molecule has 1 aliphatic heterocycles. The lowest BCUT2D eigenvalue weighted by Gasteiger charge is -2.36. The lowest BCUT2D eigenvalue weighted by molar-refractivity contribution is -0.159. The summed E-state index contributed by atoms with van der Waals surface area (Å²) < 4.78 is 5.50. The van der Waals surface area contributed by atoms with Crippen molar-refractivity contribution in [1.82, 2.24) is 10.2 Å². The number of carboxylic acids is 2. The van der Waals surface area contributed by atoms with Crippen LogP contribution in [-0.2, 0) is 9.59 Å². The third-order valence-electron chi connectivity index (χ3n) is 6.61. The number of anilines is 1. The van der Waals surface area contributed by atoms with Crippen molar-refractivity contribution in [2.45, 2.75) is 12.8 Å². The Hall–Kier alpha value is -4.70. The number of nitrogens with one attached hydrogen (secondary N) is 1. The van der Waals surface area contributed by atoms with Crippen molar-refractivity contribution in [3.63, 3.8) is 0 Å². The van der Waals surface area contributed by atoms with Gasteiger partial charge in [-0.05, 0) is 43.7 Å². The molecule has 0 saturated carbocycles. The van der Waals surface area contributed by atoms with Crippen LogP contribution in [0, 0.1) is 0 Å². The number of ether oxygens (including phenoxy) is 1. The zero-order valence-corrected chi connectivity index (χ0v) is 23.0. The second-order valence-corrected chi connectivity index (χ2v) is 9.35. The zero-order chi connectivity index (χ0) is 29.6. The number of nitrogens with zero attached hydrogens (tertiary/aromatic N) is 2. The molecule has 0 aromatic heterocycles. The van der Waals surface area contributed by atoms with Gasteiger partial charge in [-0.3, -0.25) is 14.5 Å². The van der Waals surface area contributed by atoms with Crippen LogP contribution >= 0.6 is 0 Å². The van der Waals surface area contributed by atoms with Crippen LogP contribution in [0.15, 0.2) is 78.9 Å². The number of rotatable bonds is 10. The quantitative estimate of drug-likeness (QED) is 0.193. The van der Waals surface area contributed by atoms with Crippen molar-refractivity contribution in [3.8, 4) is 5.75 Å². The summed E-state index contributed by atoms with van der Waals surface area (Å²) >= 11 is 0. The normalized spacial score (nSPS) is 13.0. The molecule has 10 nitrogen and oxygen atoms in total. The Morgan fingerprint density at radius 2 is 1.29 bits per heavy atom. The number of amides is 1. The molecule has 41 heavy (non-hydrogen) atoms. The van der Waals surface area contributed by atoms with E-state index in [1.54, 1.807) is 43.5 Å². The number of hydrogen-bond acceptors (Lipinski definition) is 7. The summed E-state index contributed by atoms with van der Waals surface area (Å²) in [5.41, 5.74) is 2.96. The SMILES string of the molecule is COc1ccccc1N1CCN(CCCCNC(=O)c2ccc(C(=O)c3ccccc3)cc2)CC1.O=C(O)C(=O)O. The highest BCUT2D eigenvalue weighted by Crippen LogP contribution is 2.28. The van der Waals surface area contributed by atoms with E-state index in [9.17, 15) is 9.59 Å². The first-order chi connectivity index (χ1) is 19.8. The highest BCUT2D eigenvalue weighted by Gasteiger charge is 2.19. The molecule has 1 aliphatic rings. The second-order valence-electron chi connectivity index (χ2n) is 9.35. The molecule has 1 saturated heterocycles. The van der Waals surface area contributed by atoms with Crippen molar-refractivity contribution in [3.05, 3.63) is 95.6 Å². The first-order valence-corrected chi connectivity index (χ1v) is 13.3. The average molecular weight is 562 g/mol. The highest BCUT2D eigenvalue weighted by molar-refractivity contribution is 6.27. The summed E-state index contributed by atoms with van der Waals surface area (Å²) in [6.07, 6.45) is 1.97. The molecule has 0 aliphatic carbocycles. The molecule has 0 unspecified atom stereocenters. The van der Waals surface area contributed by atoms with Crippen LogP contribution in [0.4, 0.5) is 5.69 Å². The van der Waals surface area contributed by atoms with Crippen molar-refractivity contribution < 1.29 is 34.1 Å². The maximum absolute atomic E-state index is 12.5. The number of carboxylic acid groups (broad SMARTS) is 2. The molecule has 0 bridgehead atoms. The first-order valence-electron chi connectivity index (χ1n) is 13.3. The van der Waals surface area contributed by atoms with Crippen LogP contribution in [-0.4, -0.2) is 85.1 Å². The molecule has 0 spiro atoms. The number of methoxy groups -OCH3 is 1. The summed E-state index contributed by atoms with van der Waals surface area (Å²) in [5.74, 6) is -2.87. The topological polar surface area (TPSA) is 136 Å². The van der Waals surface area contributed by atoms with Gasteiger partial charge >= 0.3 is 11.9 Å². The van der Waals surface area contributed by atoms with E-state index in [-0.39, 0.29) is 11.7 Å². The molecule has 0 radical (unpaired) electrons. The van der Waals surface area contributed by atoms with Gasteiger partial charge in [0, 0.05) is 49.4 Å². The fraction of sp³-hybridized carbons (Fsp3) is 0.290. The van der Waals surface area contributed by atoms with Gasteiger partial charge < -0.3 is 25.2 Å². The number of hydrogen-bond donors (Lipinski definition) is 3. The fourth-order valence-corrected chi connectivity index (χ4v) is 4.40. The van der Waals surface area contributed by atoms with Crippen molar-refractivity contribution in [1.29, 1.82) is 0 Å². The van der Waals surface area contributed by atoms with Crippen LogP contribution < -0.4 is 15.0 Å². The molecule has 1 amide bonds. The maximum atomic E-state index is 12.5. The molecular formula is C31H35N3O7. The van der Waals surface area contributed by atoms with Crippen LogP contribution in [0.1, 0.15) is 39.1 Å². The van der Waals surface area contributed by atoms with E-state index < -0.39 is 11.9 Å². The van der Waals surface area contributed by atoms with E-state index in [2.05, 4.69) is 27.2 Å². The molecule has 4 rings (SSSR count). The van der Waals surface area contributed by atoms with Gasteiger partial charge in [0.2, 0.25) is 0 Å². The van der Waals surface area contributed by atoms with Crippen LogP contribution in [0.5, 0.6) is 5.75 Å². The number of aliphatic carboxylic acids is 2. The predicted octanol–water partition coefficient (Wildman–Crippen LogP) is 3.41. The number of ketones is 1. The van der Waals surface area contributed by atoms with Gasteiger partial charge in [-0.25, -0.2) is 9.59 Å². The van der Waals surface area contributed by atoms with E-state index in [1.165, 1.54) is 0 Å². The van der Waals surface area contributed by atoms with E-state index >= 15 is 0 Å².